The Morgan fingerprint density at radius 3 is 2.91 bits per heavy atom. The number of thioether (sulfide) groups is 1. The normalized spacial score (nSPS) is 18.6. The number of piperidine rings is 1. The monoisotopic (exact) mass is 532 g/mol. The third kappa shape index (κ3) is 6.76. The number of ether oxygens (including phenoxy) is 1. The van der Waals surface area contributed by atoms with E-state index in [1.807, 2.05) is 17.8 Å². The van der Waals surface area contributed by atoms with Crippen molar-refractivity contribution in [2.45, 2.75) is 30.6 Å². The fraction of sp³-hybridized carbons (Fsp3) is 0.423. The highest BCUT2D eigenvalue weighted by Gasteiger charge is 2.31. The lowest BCUT2D eigenvalue weighted by molar-refractivity contribution is -0.139. The van der Waals surface area contributed by atoms with Crippen LogP contribution in [0.5, 0.6) is 5.75 Å². The van der Waals surface area contributed by atoms with Crippen molar-refractivity contribution in [1.82, 2.24) is 9.88 Å². The Bertz CT molecular complexity index is 1170. The molecule has 1 N–H and O–H groups in total. The van der Waals surface area contributed by atoms with Gasteiger partial charge in [-0.05, 0) is 60.9 Å². The number of carboxylic acid groups (broad SMARTS) is 1. The first kappa shape index (κ1) is 25.9. The van der Waals surface area contributed by atoms with Gasteiger partial charge in [0.1, 0.15) is 5.75 Å². The number of methoxy groups -OCH3 is 1. The maximum absolute atomic E-state index is 13.3. The topological polar surface area (TPSA) is 79.7 Å². The number of benzene rings is 1. The summed E-state index contributed by atoms with van der Waals surface area (Å²) >= 11 is 9.94. The number of halogens is 1. The summed E-state index contributed by atoms with van der Waals surface area (Å²) in [5, 5.41) is 14.7. The molecular weight excluding hydrogens is 504 g/mol. The highest BCUT2D eigenvalue weighted by atomic mass is 35.5. The summed E-state index contributed by atoms with van der Waals surface area (Å²) in [4.78, 5) is 32.8. The summed E-state index contributed by atoms with van der Waals surface area (Å²) in [5.74, 6) is 1.02. The number of Topliss-reactive ketones (excluding diaryl/α,β-unsaturated/α-hetero) is 1. The van der Waals surface area contributed by atoms with Crippen molar-refractivity contribution in [1.29, 1.82) is 0 Å². The van der Waals surface area contributed by atoms with Crippen LogP contribution in [0.15, 0.2) is 46.1 Å². The zero-order valence-electron chi connectivity index (χ0n) is 19.6. The highest BCUT2D eigenvalue weighted by molar-refractivity contribution is 7.99. The largest absolute Gasteiger partial charge is 0.497 e. The minimum Gasteiger partial charge on any atom is -0.497 e. The summed E-state index contributed by atoms with van der Waals surface area (Å²) in [6.07, 6.45) is 3.52. The average Bonchev–Trinajstić information content (AvgIpc) is 3.36. The number of hydrogen-bond acceptors (Lipinski definition) is 7. The van der Waals surface area contributed by atoms with Gasteiger partial charge in [0.25, 0.3) is 0 Å². The second kappa shape index (κ2) is 12.2. The molecule has 1 aromatic carbocycles. The summed E-state index contributed by atoms with van der Waals surface area (Å²) < 4.78 is 5.32. The van der Waals surface area contributed by atoms with E-state index in [4.69, 9.17) is 16.3 Å². The first-order chi connectivity index (χ1) is 16.9. The van der Waals surface area contributed by atoms with E-state index in [0.717, 1.165) is 31.8 Å². The molecule has 0 bridgehead atoms. The quantitative estimate of drug-likeness (QED) is 0.235. The summed E-state index contributed by atoms with van der Waals surface area (Å²) in [7, 11) is 1.58. The molecule has 35 heavy (non-hydrogen) atoms. The van der Waals surface area contributed by atoms with Gasteiger partial charge in [0.05, 0.1) is 17.6 Å². The first-order valence-electron chi connectivity index (χ1n) is 11.7. The van der Waals surface area contributed by atoms with Gasteiger partial charge in [-0.1, -0.05) is 11.6 Å². The predicted molar refractivity (Wildman–Crippen MR) is 142 cm³/mol. The summed E-state index contributed by atoms with van der Waals surface area (Å²) in [5.41, 5.74) is 1.16. The van der Waals surface area contributed by atoms with Gasteiger partial charge in [0.2, 0.25) is 0 Å². The molecule has 0 amide bonds. The van der Waals surface area contributed by atoms with E-state index in [-0.39, 0.29) is 24.0 Å². The molecule has 0 aliphatic carbocycles. The van der Waals surface area contributed by atoms with Crippen LogP contribution < -0.4 is 4.74 Å². The van der Waals surface area contributed by atoms with Crippen LogP contribution in [-0.2, 0) is 4.79 Å². The van der Waals surface area contributed by atoms with E-state index in [0.29, 0.717) is 40.1 Å². The SMILES string of the molecule is COc1ccc2ncc(Cl)c(C(=O)CC[C@@H]3CCN(CCSc4ccsc4)C[C@@H]3CC(=O)O)c2c1. The van der Waals surface area contributed by atoms with E-state index in [9.17, 15) is 14.7 Å². The number of carbonyl (C=O) groups is 2. The van der Waals surface area contributed by atoms with Gasteiger partial charge in [-0.25, -0.2) is 0 Å². The maximum atomic E-state index is 13.3. The van der Waals surface area contributed by atoms with Crippen molar-refractivity contribution in [2.75, 3.05) is 32.5 Å². The van der Waals surface area contributed by atoms with Gasteiger partial charge in [-0.3, -0.25) is 14.6 Å². The molecule has 4 rings (SSSR count). The zero-order valence-corrected chi connectivity index (χ0v) is 22.0. The van der Waals surface area contributed by atoms with Crippen molar-refractivity contribution < 1.29 is 19.4 Å². The first-order valence-corrected chi connectivity index (χ1v) is 14.0. The Labute approximate surface area is 218 Å². The number of carboxylic acids is 1. The Balaban J connectivity index is 1.39. The average molecular weight is 533 g/mol. The molecular formula is C26H29ClN2O4S2. The Morgan fingerprint density at radius 1 is 1.31 bits per heavy atom. The Morgan fingerprint density at radius 2 is 2.17 bits per heavy atom. The molecule has 186 valence electrons. The number of thiophene rings is 1. The van der Waals surface area contributed by atoms with Crippen LogP contribution in [-0.4, -0.2) is 59.2 Å². The number of aliphatic carboxylic acids is 1. The number of fused-ring (bicyclic) bond motifs is 1. The molecule has 1 aliphatic rings. The van der Waals surface area contributed by atoms with Gasteiger partial charge in [-0.15, -0.1) is 11.8 Å². The second-order valence-corrected chi connectivity index (χ2v) is 11.2. The van der Waals surface area contributed by atoms with Crippen LogP contribution >= 0.6 is 34.7 Å². The van der Waals surface area contributed by atoms with Gasteiger partial charge < -0.3 is 14.7 Å². The maximum Gasteiger partial charge on any atom is 0.303 e. The van der Waals surface area contributed by atoms with Crippen molar-refractivity contribution >= 4 is 57.4 Å². The molecule has 0 spiro atoms. The molecule has 0 unspecified atom stereocenters. The van der Waals surface area contributed by atoms with Crippen molar-refractivity contribution in [3.8, 4) is 5.75 Å². The number of pyridine rings is 1. The van der Waals surface area contributed by atoms with E-state index in [1.165, 1.54) is 11.1 Å². The molecule has 0 saturated carbocycles. The van der Waals surface area contributed by atoms with Crippen molar-refractivity contribution in [3.05, 3.63) is 51.8 Å². The number of rotatable bonds is 11. The fourth-order valence-corrected chi connectivity index (χ4v) is 6.87. The van der Waals surface area contributed by atoms with Gasteiger partial charge in [-0.2, -0.15) is 11.3 Å². The Hall–Kier alpha value is -2.13. The molecule has 3 heterocycles. The standard InChI is InChI=1S/C26H29ClN2O4S2/c1-33-19-3-4-23-21(13-19)26(22(27)14-28-23)24(30)5-2-17-6-8-29(15-18(17)12-25(31)32)9-11-35-20-7-10-34-16-20/h3-4,7,10,13-14,16-18H,2,5-6,8-9,11-12,15H2,1H3,(H,31,32)/t17-,18+/m1/s1. The number of nitrogens with zero attached hydrogens (tertiary/aromatic N) is 2. The number of aromatic nitrogens is 1. The number of carbonyl (C=O) groups excluding carboxylic acids is 1. The van der Waals surface area contributed by atoms with Crippen molar-refractivity contribution in [3.63, 3.8) is 0 Å². The highest BCUT2D eigenvalue weighted by Crippen LogP contribution is 2.33. The van der Waals surface area contributed by atoms with E-state index >= 15 is 0 Å². The van der Waals surface area contributed by atoms with Gasteiger partial charge in [0.15, 0.2) is 5.78 Å². The van der Waals surface area contributed by atoms with E-state index in [2.05, 4.69) is 26.7 Å². The van der Waals surface area contributed by atoms with Gasteiger partial charge >= 0.3 is 5.97 Å². The summed E-state index contributed by atoms with van der Waals surface area (Å²) in [6.45, 7) is 2.61. The van der Waals surface area contributed by atoms with Crippen molar-refractivity contribution in [2.24, 2.45) is 11.8 Å². The lowest BCUT2D eigenvalue weighted by Gasteiger charge is -2.38. The van der Waals surface area contributed by atoms with Crippen LogP contribution in [0.3, 0.4) is 0 Å². The number of hydrogen-bond donors (Lipinski definition) is 1. The molecule has 2 atom stereocenters. The predicted octanol–water partition coefficient (Wildman–Crippen LogP) is 6.13. The molecule has 1 aliphatic heterocycles. The number of ketones is 1. The lowest BCUT2D eigenvalue weighted by Crippen LogP contribution is -2.42. The van der Waals surface area contributed by atoms with Crippen LogP contribution in [0.25, 0.3) is 10.9 Å². The van der Waals surface area contributed by atoms with E-state index < -0.39 is 5.97 Å². The van der Waals surface area contributed by atoms with Crippen LogP contribution in [0, 0.1) is 11.8 Å². The molecule has 1 fully saturated rings. The van der Waals surface area contributed by atoms with E-state index in [1.54, 1.807) is 30.6 Å². The van der Waals surface area contributed by atoms with Crippen LogP contribution in [0.2, 0.25) is 5.02 Å². The van der Waals surface area contributed by atoms with Crippen LogP contribution in [0.4, 0.5) is 0 Å². The molecule has 9 heteroatoms. The summed E-state index contributed by atoms with van der Waals surface area (Å²) in [6, 6.07) is 7.54. The smallest absolute Gasteiger partial charge is 0.303 e. The molecule has 2 aromatic heterocycles. The molecule has 1 saturated heterocycles. The fourth-order valence-electron chi connectivity index (χ4n) is 4.82. The molecule has 6 nitrogen and oxygen atoms in total. The second-order valence-electron chi connectivity index (χ2n) is 8.84. The minimum absolute atomic E-state index is 0.0324. The van der Waals surface area contributed by atoms with Crippen LogP contribution in [0.1, 0.15) is 36.0 Å². The number of likely N-dealkylation sites (tertiary alicyclic amines) is 1. The third-order valence-corrected chi connectivity index (χ3v) is 8.73. The van der Waals surface area contributed by atoms with Gasteiger partial charge in [0, 0.05) is 59.1 Å². The molecule has 0 radical (unpaired) electrons. The third-order valence-electron chi connectivity index (χ3n) is 6.63. The zero-order chi connectivity index (χ0) is 24.8. The molecule has 3 aromatic rings. The lowest BCUT2D eigenvalue weighted by atomic mass is 9.79. The minimum atomic E-state index is -0.781. The Kier molecular flexibility index (Phi) is 9.05.